The van der Waals surface area contributed by atoms with Gasteiger partial charge in [0.25, 0.3) is 5.91 Å². The number of carbonyl (C=O) groups is 2. The molecule has 5 nitrogen and oxygen atoms in total. The van der Waals surface area contributed by atoms with Gasteiger partial charge in [-0.1, -0.05) is 6.07 Å². The fourth-order valence-corrected chi connectivity index (χ4v) is 2.13. The van der Waals surface area contributed by atoms with Crippen LogP contribution >= 0.6 is 0 Å². The molecule has 0 radical (unpaired) electrons. The average molecular weight is 327 g/mol. The molecule has 0 aliphatic rings. The number of anilines is 1. The lowest BCUT2D eigenvalue weighted by atomic mass is 10.1. The second-order valence-electron chi connectivity index (χ2n) is 5.62. The van der Waals surface area contributed by atoms with Crippen molar-refractivity contribution < 1.29 is 19.4 Å². The summed E-state index contributed by atoms with van der Waals surface area (Å²) in [5, 5.41) is 11.4. The van der Waals surface area contributed by atoms with Gasteiger partial charge in [0.1, 0.15) is 5.75 Å². The van der Waals surface area contributed by atoms with Gasteiger partial charge in [0.15, 0.2) is 0 Å². The number of hydrogen-bond donors (Lipinski definition) is 2. The number of aliphatic carboxylic acids is 1. The normalized spacial score (nSPS) is 10.2. The molecule has 0 bridgehead atoms. The third-order valence-corrected chi connectivity index (χ3v) is 3.68. The molecule has 0 unspecified atom stereocenters. The Bertz CT molecular complexity index is 723. The highest BCUT2D eigenvalue weighted by molar-refractivity contribution is 6.04. The number of aryl methyl sites for hydroxylation is 2. The van der Waals surface area contributed by atoms with Gasteiger partial charge < -0.3 is 15.2 Å². The van der Waals surface area contributed by atoms with Crippen molar-refractivity contribution in [3.05, 3.63) is 59.2 Å². The largest absolute Gasteiger partial charge is 0.494 e. The van der Waals surface area contributed by atoms with Gasteiger partial charge in [-0.15, -0.1) is 0 Å². The summed E-state index contributed by atoms with van der Waals surface area (Å²) in [5.74, 6) is -0.346. The van der Waals surface area contributed by atoms with Gasteiger partial charge >= 0.3 is 5.97 Å². The first kappa shape index (κ1) is 17.5. The number of nitrogens with one attached hydrogen (secondary N) is 1. The first-order valence-corrected chi connectivity index (χ1v) is 7.79. The van der Waals surface area contributed by atoms with Crippen molar-refractivity contribution in [3.63, 3.8) is 0 Å². The molecule has 2 aromatic rings. The zero-order valence-electron chi connectivity index (χ0n) is 13.8. The third kappa shape index (κ3) is 5.12. The standard InChI is InChI=1S/C19H21NO4/c1-13-5-6-15(12-14(13)2)19(23)20-16-7-9-17(10-8-16)24-11-3-4-18(21)22/h5-10,12H,3-4,11H2,1-2H3,(H,20,23)(H,21,22). The Morgan fingerprint density at radius 1 is 1.04 bits per heavy atom. The highest BCUT2D eigenvalue weighted by Crippen LogP contribution is 2.17. The Balaban J connectivity index is 1.89. The average Bonchev–Trinajstić information content (AvgIpc) is 2.55. The summed E-state index contributed by atoms with van der Waals surface area (Å²) in [5.41, 5.74) is 3.52. The third-order valence-electron chi connectivity index (χ3n) is 3.68. The Morgan fingerprint density at radius 3 is 2.38 bits per heavy atom. The topological polar surface area (TPSA) is 75.6 Å². The lowest BCUT2D eigenvalue weighted by molar-refractivity contribution is -0.137. The van der Waals surface area contributed by atoms with Crippen LogP contribution in [0.4, 0.5) is 5.69 Å². The van der Waals surface area contributed by atoms with E-state index in [1.54, 1.807) is 30.3 Å². The summed E-state index contributed by atoms with van der Waals surface area (Å²) in [4.78, 5) is 22.7. The molecule has 5 heteroatoms. The van der Waals surface area contributed by atoms with Crippen LogP contribution < -0.4 is 10.1 Å². The molecule has 24 heavy (non-hydrogen) atoms. The van der Waals surface area contributed by atoms with Crippen LogP contribution in [-0.2, 0) is 4.79 Å². The van der Waals surface area contributed by atoms with Crippen molar-refractivity contribution in [2.24, 2.45) is 0 Å². The maximum atomic E-state index is 12.2. The minimum atomic E-state index is -0.831. The summed E-state index contributed by atoms with van der Waals surface area (Å²) >= 11 is 0. The molecule has 0 saturated carbocycles. The van der Waals surface area contributed by atoms with Crippen LogP contribution in [0.25, 0.3) is 0 Å². The summed E-state index contributed by atoms with van der Waals surface area (Å²) in [6.07, 6.45) is 0.546. The Morgan fingerprint density at radius 2 is 1.75 bits per heavy atom. The zero-order chi connectivity index (χ0) is 17.5. The molecule has 1 amide bonds. The fraction of sp³-hybridized carbons (Fsp3) is 0.263. The highest BCUT2D eigenvalue weighted by atomic mass is 16.5. The number of rotatable bonds is 7. The summed E-state index contributed by atoms with van der Waals surface area (Å²) in [6, 6.07) is 12.6. The van der Waals surface area contributed by atoms with E-state index in [4.69, 9.17) is 9.84 Å². The molecule has 0 aromatic heterocycles. The molecule has 0 fully saturated rings. The van der Waals surface area contributed by atoms with Crippen LogP contribution in [0.3, 0.4) is 0 Å². The number of carboxylic acids is 1. The van der Waals surface area contributed by atoms with E-state index in [9.17, 15) is 9.59 Å². The molecular formula is C19H21NO4. The van der Waals surface area contributed by atoms with Gasteiger partial charge in [0.2, 0.25) is 0 Å². The van der Waals surface area contributed by atoms with Crippen molar-refractivity contribution in [2.75, 3.05) is 11.9 Å². The quantitative estimate of drug-likeness (QED) is 0.759. The first-order valence-electron chi connectivity index (χ1n) is 7.79. The molecule has 0 aliphatic carbocycles. The van der Waals surface area contributed by atoms with Gasteiger partial charge in [-0.05, 0) is 67.8 Å². The highest BCUT2D eigenvalue weighted by Gasteiger charge is 2.07. The molecule has 0 aliphatic heterocycles. The maximum absolute atomic E-state index is 12.2. The minimum absolute atomic E-state index is 0.0874. The van der Waals surface area contributed by atoms with Gasteiger partial charge in [0.05, 0.1) is 6.61 Å². The Hall–Kier alpha value is -2.82. The number of ether oxygens (including phenoxy) is 1. The van der Waals surface area contributed by atoms with Crippen molar-refractivity contribution in [3.8, 4) is 5.75 Å². The second-order valence-corrected chi connectivity index (χ2v) is 5.62. The summed E-state index contributed by atoms with van der Waals surface area (Å²) < 4.78 is 5.45. The number of hydrogen-bond acceptors (Lipinski definition) is 3. The van der Waals surface area contributed by atoms with E-state index in [1.807, 2.05) is 26.0 Å². The van der Waals surface area contributed by atoms with E-state index in [1.165, 1.54) is 0 Å². The first-order chi connectivity index (χ1) is 11.5. The molecule has 0 heterocycles. The van der Waals surface area contributed by atoms with E-state index in [2.05, 4.69) is 5.32 Å². The minimum Gasteiger partial charge on any atom is -0.494 e. The smallest absolute Gasteiger partial charge is 0.303 e. The van der Waals surface area contributed by atoms with E-state index in [0.29, 0.717) is 30.0 Å². The Kier molecular flexibility index (Phi) is 5.95. The monoisotopic (exact) mass is 327 g/mol. The van der Waals surface area contributed by atoms with Crippen LogP contribution in [0.2, 0.25) is 0 Å². The lowest BCUT2D eigenvalue weighted by Gasteiger charge is -2.09. The molecule has 2 rings (SSSR count). The van der Waals surface area contributed by atoms with Crippen LogP contribution in [-0.4, -0.2) is 23.6 Å². The zero-order valence-corrected chi connectivity index (χ0v) is 13.8. The van der Waals surface area contributed by atoms with Crippen LogP contribution in [0.1, 0.15) is 34.3 Å². The van der Waals surface area contributed by atoms with Gasteiger partial charge in [-0.3, -0.25) is 9.59 Å². The molecule has 2 aromatic carbocycles. The van der Waals surface area contributed by atoms with E-state index in [0.717, 1.165) is 11.1 Å². The predicted octanol–water partition coefficient (Wildman–Crippen LogP) is 3.80. The predicted molar refractivity (Wildman–Crippen MR) is 92.7 cm³/mol. The molecule has 0 atom stereocenters. The number of carboxylic acid groups (broad SMARTS) is 1. The maximum Gasteiger partial charge on any atom is 0.303 e. The van der Waals surface area contributed by atoms with Gasteiger partial charge in [-0.25, -0.2) is 0 Å². The van der Waals surface area contributed by atoms with Crippen LogP contribution in [0, 0.1) is 13.8 Å². The summed E-state index contributed by atoms with van der Waals surface area (Å²) in [6.45, 7) is 4.33. The van der Waals surface area contributed by atoms with Gasteiger partial charge in [-0.2, -0.15) is 0 Å². The SMILES string of the molecule is Cc1ccc(C(=O)Nc2ccc(OCCCC(=O)O)cc2)cc1C. The molecular weight excluding hydrogens is 306 g/mol. The van der Waals surface area contributed by atoms with E-state index < -0.39 is 5.97 Å². The molecule has 126 valence electrons. The van der Waals surface area contributed by atoms with Crippen LogP contribution in [0.15, 0.2) is 42.5 Å². The molecule has 2 N–H and O–H groups in total. The van der Waals surface area contributed by atoms with Crippen molar-refractivity contribution >= 4 is 17.6 Å². The van der Waals surface area contributed by atoms with Crippen molar-refractivity contribution in [1.82, 2.24) is 0 Å². The number of benzene rings is 2. The van der Waals surface area contributed by atoms with Gasteiger partial charge in [0, 0.05) is 17.7 Å². The number of amides is 1. The van der Waals surface area contributed by atoms with E-state index >= 15 is 0 Å². The molecule has 0 spiro atoms. The fourth-order valence-electron chi connectivity index (χ4n) is 2.13. The van der Waals surface area contributed by atoms with Crippen molar-refractivity contribution in [2.45, 2.75) is 26.7 Å². The Labute approximate surface area is 141 Å². The second kappa shape index (κ2) is 8.15. The lowest BCUT2D eigenvalue weighted by Crippen LogP contribution is -2.12. The van der Waals surface area contributed by atoms with Crippen LogP contribution in [0.5, 0.6) is 5.75 Å². The molecule has 0 saturated heterocycles. The van der Waals surface area contributed by atoms with Crippen molar-refractivity contribution in [1.29, 1.82) is 0 Å². The summed E-state index contributed by atoms with van der Waals surface area (Å²) in [7, 11) is 0. The number of carbonyl (C=O) groups excluding carboxylic acids is 1. The van der Waals surface area contributed by atoms with E-state index in [-0.39, 0.29) is 12.3 Å².